The molecule has 2 aromatic carbocycles. The first-order valence-electron chi connectivity index (χ1n) is 8.58. The average Bonchev–Trinajstić information content (AvgIpc) is 3.23. The maximum Gasteiger partial charge on any atom is 0.276 e. The van der Waals surface area contributed by atoms with Gasteiger partial charge < -0.3 is 5.32 Å². The number of carbonyl (C=O) groups is 1. The van der Waals surface area contributed by atoms with Crippen molar-refractivity contribution < 1.29 is 18.0 Å². The van der Waals surface area contributed by atoms with E-state index in [1.54, 1.807) is 19.1 Å². The number of amides is 1. The zero-order valence-corrected chi connectivity index (χ0v) is 14.5. The number of halogens is 3. The molecule has 3 aromatic rings. The van der Waals surface area contributed by atoms with Crippen molar-refractivity contribution >= 4 is 11.6 Å². The van der Waals surface area contributed by atoms with Crippen LogP contribution in [-0.2, 0) is 12.8 Å². The van der Waals surface area contributed by atoms with Gasteiger partial charge in [-0.05, 0) is 56.0 Å². The highest BCUT2D eigenvalue weighted by atomic mass is 19.2. The summed E-state index contributed by atoms with van der Waals surface area (Å²) < 4.78 is 42.3. The number of nitrogens with one attached hydrogen (secondary N) is 1. The van der Waals surface area contributed by atoms with Crippen molar-refractivity contribution in [1.82, 2.24) is 9.78 Å². The van der Waals surface area contributed by atoms with Crippen LogP contribution < -0.4 is 5.32 Å². The molecule has 1 N–H and O–H groups in total. The summed E-state index contributed by atoms with van der Waals surface area (Å²) in [5.41, 5.74) is 2.94. The Labute approximate surface area is 153 Å². The number of rotatable bonds is 3. The molecule has 0 saturated carbocycles. The van der Waals surface area contributed by atoms with Gasteiger partial charge in [-0.2, -0.15) is 5.10 Å². The normalized spacial score (nSPS) is 12.9. The van der Waals surface area contributed by atoms with Gasteiger partial charge >= 0.3 is 0 Å². The first-order valence-corrected chi connectivity index (χ1v) is 8.58. The topological polar surface area (TPSA) is 46.9 Å². The van der Waals surface area contributed by atoms with Crippen LogP contribution in [0, 0.1) is 24.4 Å². The summed E-state index contributed by atoms with van der Waals surface area (Å²) in [6.45, 7) is 1.80. The Kier molecular flexibility index (Phi) is 4.22. The highest BCUT2D eigenvalue weighted by Gasteiger charge is 2.27. The summed E-state index contributed by atoms with van der Waals surface area (Å²) in [6, 6.07) is 7.92. The third-order valence-electron chi connectivity index (χ3n) is 4.66. The quantitative estimate of drug-likeness (QED) is 0.745. The fourth-order valence-corrected chi connectivity index (χ4v) is 3.37. The molecule has 4 nitrogen and oxygen atoms in total. The second-order valence-corrected chi connectivity index (χ2v) is 6.58. The van der Waals surface area contributed by atoms with E-state index in [2.05, 4.69) is 10.4 Å². The summed E-state index contributed by atoms with van der Waals surface area (Å²) in [6.07, 6.45) is 2.15. The van der Waals surface area contributed by atoms with Gasteiger partial charge in [-0.15, -0.1) is 0 Å². The Morgan fingerprint density at radius 1 is 1.04 bits per heavy atom. The van der Waals surface area contributed by atoms with E-state index in [4.69, 9.17) is 0 Å². The van der Waals surface area contributed by atoms with E-state index < -0.39 is 23.4 Å². The summed E-state index contributed by atoms with van der Waals surface area (Å²) in [4.78, 5) is 12.7. The lowest BCUT2D eigenvalue weighted by Gasteiger charge is -2.07. The van der Waals surface area contributed by atoms with Gasteiger partial charge in [0.05, 0.1) is 11.4 Å². The first-order chi connectivity index (χ1) is 12.9. The van der Waals surface area contributed by atoms with Crippen molar-refractivity contribution in [3.63, 3.8) is 0 Å². The fourth-order valence-electron chi connectivity index (χ4n) is 3.37. The molecule has 4 rings (SSSR count). The molecule has 138 valence electrons. The standard InChI is InChI=1S/C20H16F3N3O/c1-11-5-7-15(22)17(9-11)24-20(27)19-13-3-2-4-18(13)26(25-19)12-6-8-14(21)16(23)10-12/h5-10H,2-4H2,1H3,(H,24,27). The molecule has 0 unspecified atom stereocenters. The largest absolute Gasteiger partial charge is 0.318 e. The number of aromatic nitrogens is 2. The van der Waals surface area contributed by atoms with Crippen LogP contribution in [-0.4, -0.2) is 15.7 Å². The highest BCUT2D eigenvalue weighted by molar-refractivity contribution is 6.04. The Bertz CT molecular complexity index is 1060. The highest BCUT2D eigenvalue weighted by Crippen LogP contribution is 2.29. The molecule has 0 radical (unpaired) electrons. The van der Waals surface area contributed by atoms with Crippen LogP contribution in [0.25, 0.3) is 5.69 Å². The molecule has 1 heterocycles. The van der Waals surface area contributed by atoms with E-state index in [9.17, 15) is 18.0 Å². The van der Waals surface area contributed by atoms with E-state index in [1.165, 1.54) is 16.8 Å². The fraction of sp³-hybridized carbons (Fsp3) is 0.200. The molecule has 7 heteroatoms. The zero-order valence-electron chi connectivity index (χ0n) is 14.5. The minimum atomic E-state index is -0.984. The molecule has 0 atom stereocenters. The van der Waals surface area contributed by atoms with E-state index in [0.29, 0.717) is 18.5 Å². The zero-order chi connectivity index (χ0) is 19.1. The molecule has 0 spiro atoms. The van der Waals surface area contributed by atoms with Gasteiger partial charge in [0.15, 0.2) is 17.3 Å². The summed E-state index contributed by atoms with van der Waals surface area (Å²) >= 11 is 0. The number of aryl methyl sites for hydroxylation is 1. The minimum Gasteiger partial charge on any atom is -0.318 e. The van der Waals surface area contributed by atoms with Gasteiger partial charge in [0.25, 0.3) is 5.91 Å². The molecular weight excluding hydrogens is 355 g/mol. The van der Waals surface area contributed by atoms with Crippen LogP contribution in [0.15, 0.2) is 36.4 Å². The van der Waals surface area contributed by atoms with Crippen LogP contribution in [0.3, 0.4) is 0 Å². The SMILES string of the molecule is Cc1ccc(F)c(NC(=O)c2nn(-c3ccc(F)c(F)c3)c3c2CCC3)c1. The summed E-state index contributed by atoms with van der Waals surface area (Å²) in [5, 5.41) is 6.87. The van der Waals surface area contributed by atoms with Crippen molar-refractivity contribution in [1.29, 1.82) is 0 Å². The van der Waals surface area contributed by atoms with Crippen LogP contribution in [0.5, 0.6) is 0 Å². The molecule has 0 saturated heterocycles. The molecule has 1 aliphatic carbocycles. The van der Waals surface area contributed by atoms with Gasteiger partial charge in [-0.3, -0.25) is 4.79 Å². The van der Waals surface area contributed by atoms with Crippen molar-refractivity contribution in [2.75, 3.05) is 5.32 Å². The number of fused-ring (bicyclic) bond motifs is 1. The third kappa shape index (κ3) is 3.09. The Balaban J connectivity index is 1.72. The van der Waals surface area contributed by atoms with Gasteiger partial charge in [-0.1, -0.05) is 6.07 Å². The summed E-state index contributed by atoms with van der Waals surface area (Å²) in [7, 11) is 0. The summed E-state index contributed by atoms with van der Waals surface area (Å²) in [5.74, 6) is -3.00. The van der Waals surface area contributed by atoms with E-state index in [0.717, 1.165) is 35.4 Å². The van der Waals surface area contributed by atoms with Crippen molar-refractivity contribution in [3.05, 3.63) is 76.4 Å². The number of nitrogens with zero attached hydrogens (tertiary/aromatic N) is 2. The van der Waals surface area contributed by atoms with Crippen molar-refractivity contribution in [3.8, 4) is 5.69 Å². The second kappa shape index (κ2) is 6.57. The molecule has 1 aliphatic rings. The molecule has 1 amide bonds. The monoisotopic (exact) mass is 371 g/mol. The minimum absolute atomic E-state index is 0.0779. The number of benzene rings is 2. The lowest BCUT2D eigenvalue weighted by molar-refractivity contribution is 0.102. The van der Waals surface area contributed by atoms with E-state index in [1.807, 2.05) is 0 Å². The van der Waals surface area contributed by atoms with E-state index in [-0.39, 0.29) is 11.4 Å². The molecular formula is C20H16F3N3O. The lowest BCUT2D eigenvalue weighted by Crippen LogP contribution is -2.16. The smallest absolute Gasteiger partial charge is 0.276 e. The maximum atomic E-state index is 14.0. The number of anilines is 1. The lowest BCUT2D eigenvalue weighted by atomic mass is 10.1. The van der Waals surface area contributed by atoms with Gasteiger partial charge in [0.1, 0.15) is 5.82 Å². The molecule has 0 fully saturated rings. The van der Waals surface area contributed by atoms with Crippen molar-refractivity contribution in [2.45, 2.75) is 26.2 Å². The third-order valence-corrected chi connectivity index (χ3v) is 4.66. The van der Waals surface area contributed by atoms with Crippen LogP contribution >= 0.6 is 0 Å². The van der Waals surface area contributed by atoms with Crippen LogP contribution in [0.1, 0.15) is 33.7 Å². The van der Waals surface area contributed by atoms with Crippen molar-refractivity contribution in [2.24, 2.45) is 0 Å². The maximum absolute atomic E-state index is 14.0. The number of hydrogen-bond donors (Lipinski definition) is 1. The Hall–Kier alpha value is -3.09. The molecule has 0 aliphatic heterocycles. The predicted molar refractivity (Wildman–Crippen MR) is 94.6 cm³/mol. The number of hydrogen-bond acceptors (Lipinski definition) is 2. The first kappa shape index (κ1) is 17.3. The average molecular weight is 371 g/mol. The van der Waals surface area contributed by atoms with Crippen LogP contribution in [0.2, 0.25) is 0 Å². The Morgan fingerprint density at radius 3 is 2.59 bits per heavy atom. The van der Waals surface area contributed by atoms with Gasteiger partial charge in [0, 0.05) is 17.3 Å². The van der Waals surface area contributed by atoms with Crippen LogP contribution in [0.4, 0.5) is 18.9 Å². The van der Waals surface area contributed by atoms with Gasteiger partial charge in [-0.25, -0.2) is 17.9 Å². The second-order valence-electron chi connectivity index (χ2n) is 6.58. The van der Waals surface area contributed by atoms with E-state index >= 15 is 0 Å². The Morgan fingerprint density at radius 2 is 1.81 bits per heavy atom. The molecule has 0 bridgehead atoms. The predicted octanol–water partition coefficient (Wildman–Crippen LogP) is 4.34. The van der Waals surface area contributed by atoms with Gasteiger partial charge in [0.2, 0.25) is 0 Å². The molecule has 27 heavy (non-hydrogen) atoms. The number of carbonyl (C=O) groups excluding carboxylic acids is 1. The molecule has 1 aromatic heterocycles.